The topological polar surface area (TPSA) is 59.4 Å². The number of amides is 2. The Labute approximate surface area is 182 Å². The van der Waals surface area contributed by atoms with Gasteiger partial charge in [-0.05, 0) is 45.8 Å². The zero-order chi connectivity index (χ0) is 21.1. The van der Waals surface area contributed by atoms with Crippen molar-refractivity contribution in [2.45, 2.75) is 26.2 Å². The Morgan fingerprint density at radius 1 is 1.23 bits per heavy atom. The molecular weight excluding hydrogens is 451 g/mol. The van der Waals surface area contributed by atoms with Gasteiger partial charge in [0.05, 0.1) is 31.1 Å². The van der Waals surface area contributed by atoms with Crippen molar-refractivity contribution in [1.29, 1.82) is 0 Å². The summed E-state index contributed by atoms with van der Waals surface area (Å²) in [6, 6.07) is 13.7. The van der Waals surface area contributed by atoms with Crippen molar-refractivity contribution in [1.82, 2.24) is 14.7 Å². The highest BCUT2D eigenvalue weighted by molar-refractivity contribution is 9.10. The molecule has 0 unspecified atom stereocenters. The number of halogens is 2. The molecule has 1 N–H and O–H groups in total. The summed E-state index contributed by atoms with van der Waals surface area (Å²) >= 11 is 3.46. The van der Waals surface area contributed by atoms with Crippen LogP contribution in [0.2, 0.25) is 0 Å². The van der Waals surface area contributed by atoms with E-state index in [0.717, 1.165) is 39.1 Å². The van der Waals surface area contributed by atoms with Crippen molar-refractivity contribution >= 4 is 27.6 Å². The molecule has 1 aliphatic heterocycles. The van der Waals surface area contributed by atoms with Gasteiger partial charge in [0, 0.05) is 35.7 Å². The Kier molecular flexibility index (Phi) is 6.15. The minimum Gasteiger partial charge on any atom is -0.370 e. The summed E-state index contributed by atoms with van der Waals surface area (Å²) in [6.07, 6.45) is 0.728. The summed E-state index contributed by atoms with van der Waals surface area (Å²) in [6.45, 7) is 1.69. The highest BCUT2D eigenvalue weighted by atomic mass is 79.9. The van der Waals surface area contributed by atoms with Crippen LogP contribution in [-0.2, 0) is 38.0 Å². The molecule has 0 bridgehead atoms. The van der Waals surface area contributed by atoms with Gasteiger partial charge in [-0.1, -0.05) is 24.3 Å². The number of aryl methyl sites for hydroxylation is 1. The number of para-hydroxylation sites is 1. The lowest BCUT2D eigenvalue weighted by Gasteiger charge is -2.28. The molecule has 156 valence electrons. The first-order valence-corrected chi connectivity index (χ1v) is 10.5. The average Bonchev–Trinajstić information content (AvgIpc) is 3.05. The van der Waals surface area contributed by atoms with Crippen molar-refractivity contribution < 1.29 is 13.9 Å². The van der Waals surface area contributed by atoms with E-state index in [4.69, 9.17) is 4.74 Å². The number of urea groups is 1. The Bertz CT molecular complexity index is 1070. The molecule has 2 amide bonds. The number of hydrogen-bond donors (Lipinski definition) is 1. The molecule has 0 radical (unpaired) electrons. The molecule has 0 spiro atoms. The second-order valence-electron chi connectivity index (χ2n) is 7.20. The van der Waals surface area contributed by atoms with Crippen molar-refractivity contribution in [2.75, 3.05) is 11.9 Å². The molecule has 30 heavy (non-hydrogen) atoms. The van der Waals surface area contributed by atoms with E-state index >= 15 is 0 Å². The monoisotopic (exact) mass is 472 g/mol. The summed E-state index contributed by atoms with van der Waals surface area (Å²) in [4.78, 5) is 14.6. The quantitative estimate of drug-likeness (QED) is 0.588. The van der Waals surface area contributed by atoms with Crippen LogP contribution < -0.4 is 5.32 Å². The van der Waals surface area contributed by atoms with Gasteiger partial charge in [0.1, 0.15) is 5.82 Å². The van der Waals surface area contributed by atoms with E-state index in [-0.39, 0.29) is 11.8 Å². The van der Waals surface area contributed by atoms with Crippen LogP contribution in [0.15, 0.2) is 53.0 Å². The highest BCUT2D eigenvalue weighted by Gasteiger charge is 2.27. The normalized spacial score (nSPS) is 13.2. The summed E-state index contributed by atoms with van der Waals surface area (Å²) in [5.41, 5.74) is 4.45. The van der Waals surface area contributed by atoms with Crippen LogP contribution in [0, 0.1) is 5.82 Å². The lowest BCUT2D eigenvalue weighted by Crippen LogP contribution is -2.39. The van der Waals surface area contributed by atoms with Gasteiger partial charge in [-0.25, -0.2) is 9.18 Å². The first-order valence-electron chi connectivity index (χ1n) is 9.67. The summed E-state index contributed by atoms with van der Waals surface area (Å²) in [5.74, 6) is -0.280. The number of fused-ring (bicyclic) bond motifs is 1. The van der Waals surface area contributed by atoms with Crippen molar-refractivity contribution in [3.8, 4) is 0 Å². The predicted octanol–water partition coefficient (Wildman–Crippen LogP) is 4.63. The summed E-state index contributed by atoms with van der Waals surface area (Å²) < 4.78 is 21.8. The number of nitrogens with one attached hydrogen (secondary N) is 1. The molecule has 4 rings (SSSR count). The third-order valence-corrected chi connectivity index (χ3v) is 5.82. The number of benzene rings is 2. The van der Waals surface area contributed by atoms with E-state index in [1.165, 1.54) is 12.1 Å². The van der Waals surface area contributed by atoms with E-state index in [1.54, 1.807) is 11.0 Å². The fourth-order valence-electron chi connectivity index (χ4n) is 3.61. The van der Waals surface area contributed by atoms with Gasteiger partial charge >= 0.3 is 6.03 Å². The van der Waals surface area contributed by atoms with E-state index in [2.05, 4.69) is 26.3 Å². The number of anilines is 1. The Morgan fingerprint density at radius 2 is 2.07 bits per heavy atom. The largest absolute Gasteiger partial charge is 0.370 e. The number of carbonyl (C=O) groups excluding carboxylic acids is 1. The number of ether oxygens (including phenoxy) is 1. The average molecular weight is 473 g/mol. The third kappa shape index (κ3) is 4.55. The van der Waals surface area contributed by atoms with Crippen LogP contribution in [-0.4, -0.2) is 27.3 Å². The van der Waals surface area contributed by atoms with E-state index in [1.807, 2.05) is 42.1 Å². The molecule has 6 nitrogen and oxygen atoms in total. The number of carbonyl (C=O) groups is 1. The van der Waals surface area contributed by atoms with Crippen LogP contribution in [0.3, 0.4) is 0 Å². The van der Waals surface area contributed by atoms with Crippen LogP contribution in [0.5, 0.6) is 0 Å². The van der Waals surface area contributed by atoms with Gasteiger partial charge in [0.25, 0.3) is 0 Å². The molecule has 0 aliphatic carbocycles. The van der Waals surface area contributed by atoms with Crippen LogP contribution >= 0.6 is 15.9 Å². The minimum absolute atomic E-state index is 0.150. The molecule has 1 aliphatic rings. The van der Waals surface area contributed by atoms with Gasteiger partial charge in [-0.2, -0.15) is 5.10 Å². The fraction of sp³-hybridized carbons (Fsp3) is 0.273. The Balaban J connectivity index is 1.42. The van der Waals surface area contributed by atoms with Crippen molar-refractivity contribution in [3.63, 3.8) is 0 Å². The molecule has 2 heterocycles. The zero-order valence-electron chi connectivity index (χ0n) is 16.6. The molecule has 1 aromatic heterocycles. The second-order valence-corrected chi connectivity index (χ2v) is 8.05. The van der Waals surface area contributed by atoms with Crippen LogP contribution in [0.25, 0.3) is 0 Å². The molecule has 2 aromatic carbocycles. The smallest absolute Gasteiger partial charge is 0.322 e. The minimum atomic E-state index is -0.280. The predicted molar refractivity (Wildman–Crippen MR) is 115 cm³/mol. The number of nitrogens with zero attached hydrogens (tertiary/aromatic N) is 3. The molecule has 3 aromatic rings. The number of rotatable bonds is 5. The molecule has 0 saturated heterocycles. The second kappa shape index (κ2) is 8.97. The summed E-state index contributed by atoms with van der Waals surface area (Å²) in [7, 11) is 1.91. The summed E-state index contributed by atoms with van der Waals surface area (Å²) in [5, 5.41) is 7.54. The lowest BCUT2D eigenvalue weighted by atomic mass is 10.1. The molecule has 8 heteroatoms. The van der Waals surface area contributed by atoms with Gasteiger partial charge in [-0.3, -0.25) is 4.68 Å². The van der Waals surface area contributed by atoms with Gasteiger partial charge in [-0.15, -0.1) is 0 Å². The molecule has 0 fully saturated rings. The SMILES string of the molecule is Cn1nc(COCc2cccc(F)c2)c2c1CCN(C(=O)Nc1ccccc1Br)C2. The van der Waals surface area contributed by atoms with Gasteiger partial charge in [0.2, 0.25) is 0 Å². The lowest BCUT2D eigenvalue weighted by molar-refractivity contribution is 0.103. The first-order chi connectivity index (χ1) is 14.5. The fourth-order valence-corrected chi connectivity index (χ4v) is 3.99. The Morgan fingerprint density at radius 3 is 2.87 bits per heavy atom. The highest BCUT2D eigenvalue weighted by Crippen LogP contribution is 2.25. The van der Waals surface area contributed by atoms with E-state index < -0.39 is 0 Å². The maximum Gasteiger partial charge on any atom is 0.322 e. The first kappa shape index (κ1) is 20.6. The van der Waals surface area contributed by atoms with Crippen molar-refractivity contribution in [3.05, 3.63) is 81.3 Å². The number of aromatic nitrogens is 2. The molecule has 0 atom stereocenters. The number of hydrogen-bond acceptors (Lipinski definition) is 3. The van der Waals surface area contributed by atoms with E-state index in [0.29, 0.717) is 26.3 Å². The van der Waals surface area contributed by atoms with Crippen LogP contribution in [0.1, 0.15) is 22.5 Å². The maximum atomic E-state index is 13.3. The Hall–Kier alpha value is -2.71. The van der Waals surface area contributed by atoms with E-state index in [9.17, 15) is 9.18 Å². The van der Waals surface area contributed by atoms with Gasteiger partial charge in [0.15, 0.2) is 0 Å². The standard InChI is InChI=1S/C22H22BrFN4O2/c1-27-21-9-10-28(22(29)25-19-8-3-2-7-18(19)23)12-17(21)20(26-27)14-30-13-15-5-4-6-16(24)11-15/h2-8,11H,9-10,12-14H2,1H3,(H,25,29). The maximum absolute atomic E-state index is 13.3. The molecule has 0 saturated carbocycles. The van der Waals surface area contributed by atoms with Gasteiger partial charge < -0.3 is 15.0 Å². The van der Waals surface area contributed by atoms with Crippen molar-refractivity contribution in [2.24, 2.45) is 7.05 Å². The molecular formula is C22H22BrFN4O2. The van der Waals surface area contributed by atoms with Crippen LogP contribution in [0.4, 0.5) is 14.9 Å². The third-order valence-electron chi connectivity index (χ3n) is 5.12. The zero-order valence-corrected chi connectivity index (χ0v) is 18.2.